The van der Waals surface area contributed by atoms with Crippen LogP contribution in [0.1, 0.15) is 56.7 Å². The Bertz CT molecular complexity index is 967. The van der Waals surface area contributed by atoms with Crippen LogP contribution in [0.4, 0.5) is 5.69 Å². The summed E-state index contributed by atoms with van der Waals surface area (Å²) in [7, 11) is 2.08. The molecule has 2 heterocycles. The average Bonchev–Trinajstić information content (AvgIpc) is 3.66. The van der Waals surface area contributed by atoms with Crippen molar-refractivity contribution < 1.29 is 19.1 Å². The number of hydrogen-bond acceptors (Lipinski definition) is 7. The Morgan fingerprint density at radius 1 is 1.25 bits per heavy atom. The van der Waals surface area contributed by atoms with Crippen molar-refractivity contribution in [2.45, 2.75) is 57.7 Å². The normalized spacial score (nSPS) is 16.1. The van der Waals surface area contributed by atoms with Crippen LogP contribution in [0.15, 0.2) is 28.4 Å². The van der Waals surface area contributed by atoms with Crippen molar-refractivity contribution in [3.8, 4) is 12.3 Å². The third-order valence-electron chi connectivity index (χ3n) is 6.64. The smallest absolute Gasteiger partial charge is 0.249 e. The van der Waals surface area contributed by atoms with Gasteiger partial charge in [-0.15, -0.1) is 12.3 Å². The van der Waals surface area contributed by atoms with Crippen LogP contribution in [0.25, 0.3) is 0 Å². The maximum absolute atomic E-state index is 13.6. The lowest BCUT2D eigenvalue weighted by Gasteiger charge is -2.34. The quantitative estimate of drug-likeness (QED) is 0.297. The van der Waals surface area contributed by atoms with Gasteiger partial charge in [0, 0.05) is 64.8 Å². The zero-order valence-corrected chi connectivity index (χ0v) is 21.8. The highest BCUT2D eigenvalue weighted by Crippen LogP contribution is 2.38. The number of rotatable bonds is 15. The number of amides is 2. The summed E-state index contributed by atoms with van der Waals surface area (Å²) >= 11 is 0. The van der Waals surface area contributed by atoms with Gasteiger partial charge in [0.2, 0.25) is 11.8 Å². The zero-order valence-electron chi connectivity index (χ0n) is 21.8. The van der Waals surface area contributed by atoms with Crippen molar-refractivity contribution >= 4 is 17.5 Å². The van der Waals surface area contributed by atoms with Gasteiger partial charge in [0.15, 0.2) is 5.66 Å². The van der Waals surface area contributed by atoms with E-state index >= 15 is 0 Å². The van der Waals surface area contributed by atoms with Crippen LogP contribution in [0, 0.1) is 12.3 Å². The van der Waals surface area contributed by atoms with Crippen LogP contribution in [0.5, 0.6) is 0 Å². The van der Waals surface area contributed by atoms with Crippen LogP contribution in [0.3, 0.4) is 0 Å². The summed E-state index contributed by atoms with van der Waals surface area (Å²) in [5, 5.41) is 11.4. The number of terminal acetylenes is 1. The molecule has 0 fully saturated rings. The number of nitrogens with zero attached hydrogens (tertiary/aromatic N) is 4. The fourth-order valence-electron chi connectivity index (χ4n) is 4.57. The first kappa shape index (κ1) is 27.6. The SMILES string of the molecule is C#CCCC1(CCN(C(=O)COCC)C(C(=O)NCCOCC)c2ccc3c(c2)CCCN3C)N=N1. The molecule has 1 unspecified atom stereocenters. The number of carbonyl (C=O) groups is 2. The monoisotopic (exact) mass is 497 g/mol. The Balaban J connectivity index is 1.90. The Morgan fingerprint density at radius 3 is 2.72 bits per heavy atom. The summed E-state index contributed by atoms with van der Waals surface area (Å²) < 4.78 is 10.8. The molecule has 0 saturated carbocycles. The largest absolute Gasteiger partial charge is 0.380 e. The Morgan fingerprint density at radius 2 is 2.03 bits per heavy atom. The number of fused-ring (bicyclic) bond motifs is 1. The lowest BCUT2D eigenvalue weighted by molar-refractivity contribution is -0.144. The molecular formula is C27H39N5O4. The van der Waals surface area contributed by atoms with Crippen molar-refractivity contribution in [1.29, 1.82) is 0 Å². The summed E-state index contributed by atoms with van der Waals surface area (Å²) in [6.45, 7) is 6.71. The molecule has 1 aromatic carbocycles. The molecule has 2 aliphatic heterocycles. The Labute approximate surface area is 214 Å². The predicted octanol–water partition coefficient (Wildman–Crippen LogP) is 3.09. The molecule has 0 aromatic heterocycles. The highest BCUT2D eigenvalue weighted by Gasteiger charge is 2.41. The van der Waals surface area contributed by atoms with Crippen LogP contribution in [0.2, 0.25) is 0 Å². The lowest BCUT2D eigenvalue weighted by Crippen LogP contribution is -2.47. The van der Waals surface area contributed by atoms with Gasteiger partial charge in [0.1, 0.15) is 12.6 Å². The molecule has 0 saturated heterocycles. The van der Waals surface area contributed by atoms with E-state index < -0.39 is 11.7 Å². The van der Waals surface area contributed by atoms with E-state index in [1.165, 1.54) is 5.56 Å². The number of ether oxygens (including phenoxy) is 2. The lowest BCUT2D eigenvalue weighted by atomic mass is 9.95. The predicted molar refractivity (Wildman–Crippen MR) is 139 cm³/mol. The molecule has 196 valence electrons. The molecule has 1 N–H and O–H groups in total. The maximum Gasteiger partial charge on any atom is 0.249 e. The molecule has 1 atom stereocenters. The van der Waals surface area contributed by atoms with Crippen molar-refractivity contribution in [2.24, 2.45) is 10.2 Å². The van der Waals surface area contributed by atoms with Gasteiger partial charge in [-0.2, -0.15) is 10.2 Å². The van der Waals surface area contributed by atoms with E-state index in [4.69, 9.17) is 15.9 Å². The summed E-state index contributed by atoms with van der Waals surface area (Å²) in [6, 6.07) is 5.27. The third kappa shape index (κ3) is 7.28. The van der Waals surface area contributed by atoms with Crippen LogP contribution in [-0.2, 0) is 25.5 Å². The molecular weight excluding hydrogens is 458 g/mol. The molecule has 0 bridgehead atoms. The molecule has 9 nitrogen and oxygen atoms in total. The molecule has 0 spiro atoms. The highest BCUT2D eigenvalue weighted by atomic mass is 16.5. The van der Waals surface area contributed by atoms with Crippen molar-refractivity contribution in [1.82, 2.24) is 10.2 Å². The van der Waals surface area contributed by atoms with E-state index in [-0.39, 0.29) is 18.4 Å². The number of hydrogen-bond donors (Lipinski definition) is 1. The number of nitrogens with one attached hydrogen (secondary N) is 1. The summed E-state index contributed by atoms with van der Waals surface area (Å²) in [5.41, 5.74) is 2.57. The van der Waals surface area contributed by atoms with Crippen molar-refractivity contribution in [3.63, 3.8) is 0 Å². The molecule has 2 aliphatic rings. The van der Waals surface area contributed by atoms with Gasteiger partial charge in [-0.3, -0.25) is 9.59 Å². The Kier molecular flexibility index (Phi) is 10.3. The first-order valence-electron chi connectivity index (χ1n) is 12.9. The number of aryl methyl sites for hydroxylation is 1. The standard InChI is InChI=1S/C27H39N5O4/c1-5-8-13-27(29-30-27)14-17-32(24(33)20-36-7-3)25(26(34)28-15-18-35-6-2)22-11-12-23-21(19-22)10-9-16-31(23)4/h1,11-12,19,25H,6-10,13-18,20H2,2-4H3,(H,28,34). The second-order valence-corrected chi connectivity index (χ2v) is 9.16. The van der Waals surface area contributed by atoms with Gasteiger partial charge in [0.05, 0.1) is 6.61 Å². The minimum absolute atomic E-state index is 0.0987. The van der Waals surface area contributed by atoms with Crippen LogP contribution in [-0.4, -0.2) is 75.5 Å². The zero-order chi connectivity index (χ0) is 26.0. The topological polar surface area (TPSA) is 95.8 Å². The molecule has 0 radical (unpaired) electrons. The number of carbonyl (C=O) groups excluding carboxylic acids is 2. The number of anilines is 1. The van der Waals surface area contributed by atoms with E-state index in [2.05, 4.69) is 45.5 Å². The fraction of sp³-hybridized carbons (Fsp3) is 0.630. The van der Waals surface area contributed by atoms with Crippen molar-refractivity contribution in [3.05, 3.63) is 29.3 Å². The second kappa shape index (κ2) is 13.4. The van der Waals surface area contributed by atoms with Gasteiger partial charge >= 0.3 is 0 Å². The molecule has 3 rings (SSSR count). The first-order chi connectivity index (χ1) is 17.4. The summed E-state index contributed by atoms with van der Waals surface area (Å²) in [5.74, 6) is 2.14. The van der Waals surface area contributed by atoms with E-state index in [0.717, 1.165) is 30.6 Å². The molecule has 1 aromatic rings. The highest BCUT2D eigenvalue weighted by molar-refractivity contribution is 5.89. The fourth-order valence-corrected chi connectivity index (χ4v) is 4.57. The Hall–Kier alpha value is -2.96. The molecule has 9 heteroatoms. The third-order valence-corrected chi connectivity index (χ3v) is 6.64. The molecule has 36 heavy (non-hydrogen) atoms. The molecule has 0 aliphatic carbocycles. The van der Waals surface area contributed by atoms with Gasteiger partial charge in [-0.1, -0.05) is 12.1 Å². The van der Waals surface area contributed by atoms with Crippen LogP contribution < -0.4 is 10.2 Å². The van der Waals surface area contributed by atoms with Gasteiger partial charge < -0.3 is 24.6 Å². The van der Waals surface area contributed by atoms with E-state index in [0.29, 0.717) is 52.2 Å². The van der Waals surface area contributed by atoms with E-state index in [9.17, 15) is 9.59 Å². The minimum atomic E-state index is -0.805. The van der Waals surface area contributed by atoms with Crippen molar-refractivity contribution in [2.75, 3.05) is 58.0 Å². The summed E-state index contributed by atoms with van der Waals surface area (Å²) in [6.07, 6.45) is 9.11. The minimum Gasteiger partial charge on any atom is -0.380 e. The molecule has 2 amide bonds. The summed E-state index contributed by atoms with van der Waals surface area (Å²) in [4.78, 5) is 30.8. The van der Waals surface area contributed by atoms with E-state index in [1.807, 2.05) is 19.9 Å². The van der Waals surface area contributed by atoms with Gasteiger partial charge in [0.25, 0.3) is 0 Å². The maximum atomic E-state index is 13.6. The average molecular weight is 498 g/mol. The second-order valence-electron chi connectivity index (χ2n) is 9.16. The van der Waals surface area contributed by atoms with E-state index in [1.54, 1.807) is 4.90 Å². The van der Waals surface area contributed by atoms with Gasteiger partial charge in [-0.25, -0.2) is 0 Å². The van der Waals surface area contributed by atoms with Crippen LogP contribution >= 0.6 is 0 Å². The number of benzene rings is 1. The van der Waals surface area contributed by atoms with Gasteiger partial charge in [-0.05, 0) is 43.9 Å². The first-order valence-corrected chi connectivity index (χ1v) is 12.9.